The van der Waals surface area contributed by atoms with Crippen LogP contribution in [0.5, 0.6) is 0 Å². The van der Waals surface area contributed by atoms with E-state index in [9.17, 15) is 18.4 Å². The van der Waals surface area contributed by atoms with Gasteiger partial charge in [-0.15, -0.1) is 0 Å². The molecule has 2 aliphatic rings. The molecule has 0 aliphatic heterocycles. The highest BCUT2D eigenvalue weighted by Gasteiger charge is 2.40. The fourth-order valence-corrected chi connectivity index (χ4v) is 3.29. The van der Waals surface area contributed by atoms with Gasteiger partial charge in [0.15, 0.2) is 0 Å². The molecule has 4 nitrogen and oxygen atoms in total. The van der Waals surface area contributed by atoms with Crippen LogP contribution in [0.3, 0.4) is 0 Å². The Morgan fingerprint density at radius 2 is 1.70 bits per heavy atom. The minimum absolute atomic E-state index is 0.0189. The SMILES string of the molecule is O=C(O)[C@@H]1CC[C@H](C(=O)N(Cc2c(F)cccc2F)C2CC2)C1. The van der Waals surface area contributed by atoms with Crippen LogP contribution in [0.15, 0.2) is 18.2 Å². The monoisotopic (exact) mass is 323 g/mol. The molecule has 2 atom stereocenters. The van der Waals surface area contributed by atoms with Gasteiger partial charge in [0.1, 0.15) is 11.6 Å². The molecule has 1 aromatic carbocycles. The number of carbonyl (C=O) groups excluding carboxylic acids is 1. The zero-order chi connectivity index (χ0) is 16.6. The summed E-state index contributed by atoms with van der Waals surface area (Å²) in [5.74, 6) is -3.20. The van der Waals surface area contributed by atoms with Gasteiger partial charge in [-0.2, -0.15) is 0 Å². The van der Waals surface area contributed by atoms with E-state index in [1.807, 2.05) is 0 Å². The number of amides is 1. The molecule has 0 bridgehead atoms. The molecule has 3 rings (SSSR count). The number of rotatable bonds is 5. The second-order valence-corrected chi connectivity index (χ2v) is 6.44. The van der Waals surface area contributed by atoms with Gasteiger partial charge in [-0.1, -0.05) is 6.07 Å². The number of carboxylic acids is 1. The number of hydrogen-bond acceptors (Lipinski definition) is 2. The quantitative estimate of drug-likeness (QED) is 0.906. The van der Waals surface area contributed by atoms with Crippen LogP contribution in [-0.2, 0) is 16.1 Å². The predicted octanol–water partition coefficient (Wildman–Crippen LogP) is 2.96. The second-order valence-electron chi connectivity index (χ2n) is 6.44. The van der Waals surface area contributed by atoms with Crippen molar-refractivity contribution in [2.24, 2.45) is 11.8 Å². The van der Waals surface area contributed by atoms with Crippen molar-refractivity contribution in [1.82, 2.24) is 4.90 Å². The second kappa shape index (κ2) is 6.26. The minimum Gasteiger partial charge on any atom is -0.481 e. The molecule has 2 fully saturated rings. The van der Waals surface area contributed by atoms with Crippen LogP contribution in [0, 0.1) is 23.5 Å². The summed E-state index contributed by atoms with van der Waals surface area (Å²) < 4.78 is 27.7. The van der Waals surface area contributed by atoms with Crippen molar-refractivity contribution in [3.8, 4) is 0 Å². The average molecular weight is 323 g/mol. The number of nitrogens with zero attached hydrogens (tertiary/aromatic N) is 1. The molecule has 1 aromatic rings. The summed E-state index contributed by atoms with van der Waals surface area (Å²) in [6.07, 6.45) is 2.99. The fraction of sp³-hybridized carbons (Fsp3) is 0.529. The zero-order valence-electron chi connectivity index (χ0n) is 12.7. The molecule has 0 aromatic heterocycles. The molecule has 2 aliphatic carbocycles. The Balaban J connectivity index is 1.75. The smallest absolute Gasteiger partial charge is 0.306 e. The first kappa shape index (κ1) is 15.9. The number of halogens is 2. The Morgan fingerprint density at radius 3 is 2.22 bits per heavy atom. The molecule has 6 heteroatoms. The van der Waals surface area contributed by atoms with Crippen molar-refractivity contribution in [1.29, 1.82) is 0 Å². The first-order valence-corrected chi connectivity index (χ1v) is 7.93. The van der Waals surface area contributed by atoms with Crippen LogP contribution in [-0.4, -0.2) is 27.9 Å². The molecule has 23 heavy (non-hydrogen) atoms. The van der Waals surface area contributed by atoms with E-state index in [0.717, 1.165) is 12.8 Å². The summed E-state index contributed by atoms with van der Waals surface area (Å²) in [4.78, 5) is 25.3. The van der Waals surface area contributed by atoms with Crippen molar-refractivity contribution in [2.75, 3.05) is 0 Å². The molecule has 1 amide bonds. The topological polar surface area (TPSA) is 57.6 Å². The highest BCUT2D eigenvalue weighted by atomic mass is 19.1. The third kappa shape index (κ3) is 3.35. The molecular weight excluding hydrogens is 304 g/mol. The van der Waals surface area contributed by atoms with E-state index >= 15 is 0 Å². The third-order valence-electron chi connectivity index (χ3n) is 4.79. The molecule has 0 unspecified atom stereocenters. The molecule has 0 heterocycles. The van der Waals surface area contributed by atoms with Crippen LogP contribution in [0.1, 0.15) is 37.7 Å². The maximum absolute atomic E-state index is 13.8. The standard InChI is InChI=1S/C17H19F2NO3/c18-14-2-1-3-15(19)13(14)9-20(12-6-7-12)16(21)10-4-5-11(8-10)17(22)23/h1-3,10-12H,4-9H2,(H,22,23)/t10-,11+/m0/s1. The first-order chi connectivity index (χ1) is 11.0. The number of benzene rings is 1. The Labute approximate surface area is 133 Å². The number of carboxylic acid groups (broad SMARTS) is 1. The van der Waals surface area contributed by atoms with Crippen molar-refractivity contribution in [3.63, 3.8) is 0 Å². The molecule has 1 N–H and O–H groups in total. The van der Waals surface area contributed by atoms with Gasteiger partial charge in [0.05, 0.1) is 12.5 Å². The van der Waals surface area contributed by atoms with Crippen LogP contribution in [0.4, 0.5) is 8.78 Å². The van der Waals surface area contributed by atoms with Crippen LogP contribution >= 0.6 is 0 Å². The van der Waals surface area contributed by atoms with E-state index in [-0.39, 0.29) is 30.0 Å². The van der Waals surface area contributed by atoms with Gasteiger partial charge in [-0.3, -0.25) is 9.59 Å². The maximum atomic E-state index is 13.8. The Hall–Kier alpha value is -1.98. The number of carbonyl (C=O) groups is 2. The lowest BCUT2D eigenvalue weighted by Gasteiger charge is -2.26. The van der Waals surface area contributed by atoms with Crippen LogP contribution in [0.2, 0.25) is 0 Å². The highest BCUT2D eigenvalue weighted by molar-refractivity contribution is 5.81. The Morgan fingerprint density at radius 1 is 1.09 bits per heavy atom. The van der Waals surface area contributed by atoms with Crippen molar-refractivity contribution < 1.29 is 23.5 Å². The van der Waals surface area contributed by atoms with Gasteiger partial charge in [-0.05, 0) is 44.2 Å². The minimum atomic E-state index is -0.876. The summed E-state index contributed by atoms with van der Waals surface area (Å²) in [7, 11) is 0. The zero-order valence-corrected chi connectivity index (χ0v) is 12.7. The lowest BCUT2D eigenvalue weighted by atomic mass is 10.0. The van der Waals surface area contributed by atoms with Crippen molar-refractivity contribution in [2.45, 2.75) is 44.7 Å². The maximum Gasteiger partial charge on any atom is 0.306 e. The molecule has 0 spiro atoms. The van der Waals surface area contributed by atoms with Gasteiger partial charge in [-0.25, -0.2) is 8.78 Å². The first-order valence-electron chi connectivity index (χ1n) is 7.93. The van der Waals surface area contributed by atoms with Crippen molar-refractivity contribution in [3.05, 3.63) is 35.4 Å². The number of hydrogen-bond donors (Lipinski definition) is 1. The highest BCUT2D eigenvalue weighted by Crippen LogP contribution is 2.36. The molecular formula is C17H19F2NO3. The summed E-state index contributed by atoms with van der Waals surface area (Å²) in [6, 6.07) is 3.69. The van der Waals surface area contributed by atoms with E-state index in [2.05, 4.69) is 0 Å². The van der Waals surface area contributed by atoms with Gasteiger partial charge >= 0.3 is 5.97 Å². The summed E-state index contributed by atoms with van der Waals surface area (Å²) in [5.41, 5.74) is -0.0967. The predicted molar refractivity (Wildman–Crippen MR) is 78.4 cm³/mol. The summed E-state index contributed by atoms with van der Waals surface area (Å²) in [6.45, 7) is -0.0871. The van der Waals surface area contributed by atoms with Crippen LogP contribution in [0.25, 0.3) is 0 Å². The van der Waals surface area contributed by atoms with Gasteiger partial charge in [0, 0.05) is 17.5 Å². The average Bonchev–Trinajstić information content (AvgIpc) is 3.21. The van der Waals surface area contributed by atoms with Crippen LogP contribution < -0.4 is 0 Å². The van der Waals surface area contributed by atoms with E-state index in [1.165, 1.54) is 23.1 Å². The fourth-order valence-electron chi connectivity index (χ4n) is 3.29. The van der Waals surface area contributed by atoms with Gasteiger partial charge in [0.25, 0.3) is 0 Å². The molecule has 0 radical (unpaired) electrons. The van der Waals surface area contributed by atoms with Gasteiger partial charge < -0.3 is 10.0 Å². The van der Waals surface area contributed by atoms with Gasteiger partial charge in [0.2, 0.25) is 5.91 Å². The van der Waals surface area contributed by atoms with E-state index in [1.54, 1.807) is 0 Å². The van der Waals surface area contributed by atoms with E-state index in [0.29, 0.717) is 19.3 Å². The summed E-state index contributed by atoms with van der Waals surface area (Å²) >= 11 is 0. The normalized spacial score (nSPS) is 23.7. The lowest BCUT2D eigenvalue weighted by molar-refractivity contribution is -0.141. The number of aliphatic carboxylic acids is 1. The van der Waals surface area contributed by atoms with E-state index in [4.69, 9.17) is 5.11 Å². The van der Waals surface area contributed by atoms with E-state index < -0.39 is 23.5 Å². The largest absolute Gasteiger partial charge is 0.481 e. The summed E-state index contributed by atoms with van der Waals surface area (Å²) in [5, 5.41) is 9.06. The van der Waals surface area contributed by atoms with Crippen molar-refractivity contribution >= 4 is 11.9 Å². The lowest BCUT2D eigenvalue weighted by Crippen LogP contribution is -2.37. The third-order valence-corrected chi connectivity index (χ3v) is 4.79. The molecule has 2 saturated carbocycles. The molecule has 0 saturated heterocycles. The Kier molecular flexibility index (Phi) is 4.33. The molecule has 124 valence electrons. The Bertz CT molecular complexity index is 610.